The second-order valence-corrected chi connectivity index (χ2v) is 9.64. The predicted octanol–water partition coefficient (Wildman–Crippen LogP) is 4.55. The van der Waals surface area contributed by atoms with E-state index in [1.165, 1.54) is 12.8 Å². The number of thiophene rings is 1. The lowest BCUT2D eigenvalue weighted by Gasteiger charge is -2.44. The lowest BCUT2D eigenvalue weighted by Crippen LogP contribution is -2.64. The first-order valence-electron chi connectivity index (χ1n) is 10.8. The third-order valence-electron chi connectivity index (χ3n) is 6.62. The van der Waals surface area contributed by atoms with Crippen molar-refractivity contribution in [2.24, 2.45) is 0 Å². The Morgan fingerprint density at radius 2 is 2.07 bits per heavy atom. The minimum Gasteiger partial charge on any atom is -0.467 e. The van der Waals surface area contributed by atoms with Crippen molar-refractivity contribution in [1.29, 1.82) is 0 Å². The highest BCUT2D eigenvalue weighted by molar-refractivity contribution is 7.17. The number of aromatic nitrogens is 1. The fourth-order valence-electron chi connectivity index (χ4n) is 4.84. The van der Waals surface area contributed by atoms with Gasteiger partial charge in [-0.1, -0.05) is 25.7 Å². The maximum Gasteiger partial charge on any atom is 0.271 e. The molecule has 30 heavy (non-hydrogen) atoms. The molecule has 0 unspecified atom stereocenters. The number of fused-ring (bicyclic) bond motifs is 3. The molecule has 0 aromatic carbocycles. The lowest BCUT2D eigenvalue weighted by atomic mass is 9.93. The van der Waals surface area contributed by atoms with E-state index in [-0.39, 0.29) is 24.4 Å². The summed E-state index contributed by atoms with van der Waals surface area (Å²) < 4.78 is 8.61. The molecule has 1 N–H and O–H groups in total. The van der Waals surface area contributed by atoms with E-state index in [4.69, 9.17) is 4.42 Å². The Kier molecular flexibility index (Phi) is 4.93. The van der Waals surface area contributed by atoms with Gasteiger partial charge in [-0.15, -0.1) is 11.3 Å². The Bertz CT molecular complexity index is 1060. The van der Waals surface area contributed by atoms with E-state index in [2.05, 4.69) is 5.32 Å². The minimum atomic E-state index is -0.989. The Morgan fingerprint density at radius 3 is 2.80 bits per heavy atom. The first-order valence-corrected chi connectivity index (χ1v) is 11.7. The number of hydrogen-bond donors (Lipinski definition) is 1. The predicted molar refractivity (Wildman–Crippen MR) is 116 cm³/mol. The molecule has 5 rings (SSSR count). The summed E-state index contributed by atoms with van der Waals surface area (Å²) in [5.41, 5.74) is 0.675. The van der Waals surface area contributed by atoms with Crippen LogP contribution >= 0.6 is 11.3 Å². The smallest absolute Gasteiger partial charge is 0.271 e. The summed E-state index contributed by atoms with van der Waals surface area (Å²) in [5, 5.41) is 5.32. The van der Waals surface area contributed by atoms with Gasteiger partial charge < -0.3 is 19.2 Å². The SMILES string of the molecule is C[C@]1(C(=O)NC2CCCCCC2)Cn2c(cc3sccc32)C(=O)N1Cc1ccco1. The Labute approximate surface area is 179 Å². The number of amides is 2. The number of nitrogens with one attached hydrogen (secondary N) is 1. The Hall–Kier alpha value is -2.54. The molecule has 6 nitrogen and oxygen atoms in total. The van der Waals surface area contributed by atoms with Crippen molar-refractivity contribution in [3.8, 4) is 0 Å². The van der Waals surface area contributed by atoms with E-state index in [0.29, 0.717) is 18.0 Å². The normalized spacial score (nSPS) is 22.8. The summed E-state index contributed by atoms with van der Waals surface area (Å²) in [6.07, 6.45) is 8.38. The molecule has 0 saturated heterocycles. The fourth-order valence-corrected chi connectivity index (χ4v) is 5.67. The van der Waals surface area contributed by atoms with Crippen molar-refractivity contribution in [1.82, 2.24) is 14.8 Å². The van der Waals surface area contributed by atoms with E-state index >= 15 is 0 Å². The first-order chi connectivity index (χ1) is 14.6. The number of carbonyl (C=O) groups excluding carboxylic acids is 2. The van der Waals surface area contributed by atoms with Crippen LogP contribution in [0.5, 0.6) is 0 Å². The molecule has 1 fully saturated rings. The fraction of sp³-hybridized carbons (Fsp3) is 0.478. The summed E-state index contributed by atoms with van der Waals surface area (Å²) >= 11 is 1.62. The second-order valence-electron chi connectivity index (χ2n) is 8.69. The molecule has 1 aliphatic carbocycles. The molecule has 158 valence electrons. The molecule has 2 amide bonds. The van der Waals surface area contributed by atoms with Crippen LogP contribution in [-0.4, -0.2) is 32.9 Å². The number of nitrogens with zero attached hydrogens (tertiary/aromatic N) is 2. The third-order valence-corrected chi connectivity index (χ3v) is 7.48. The average molecular weight is 426 g/mol. The van der Waals surface area contributed by atoms with Crippen LogP contribution in [0.2, 0.25) is 0 Å². The molecule has 0 bridgehead atoms. The van der Waals surface area contributed by atoms with Gasteiger partial charge in [-0.25, -0.2) is 0 Å². The minimum absolute atomic E-state index is 0.0722. The summed E-state index contributed by atoms with van der Waals surface area (Å²) in [5.74, 6) is 0.482. The molecule has 1 saturated carbocycles. The molecule has 3 aromatic heterocycles. The van der Waals surface area contributed by atoms with E-state index in [9.17, 15) is 9.59 Å². The third kappa shape index (κ3) is 3.25. The number of furan rings is 1. The van der Waals surface area contributed by atoms with Crippen LogP contribution in [0.4, 0.5) is 0 Å². The zero-order chi connectivity index (χ0) is 20.7. The van der Waals surface area contributed by atoms with Crippen molar-refractivity contribution >= 4 is 33.4 Å². The number of hydrogen-bond acceptors (Lipinski definition) is 4. The van der Waals surface area contributed by atoms with Crippen molar-refractivity contribution in [3.63, 3.8) is 0 Å². The largest absolute Gasteiger partial charge is 0.467 e. The van der Waals surface area contributed by atoms with Crippen LogP contribution in [0.1, 0.15) is 61.7 Å². The van der Waals surface area contributed by atoms with Crippen LogP contribution in [-0.2, 0) is 17.9 Å². The average Bonchev–Trinajstić information content (AvgIpc) is 3.42. The number of rotatable bonds is 4. The second kappa shape index (κ2) is 7.61. The quantitative estimate of drug-likeness (QED) is 0.624. The van der Waals surface area contributed by atoms with Crippen LogP contribution in [0.15, 0.2) is 40.3 Å². The maximum atomic E-state index is 13.6. The molecular formula is C23H27N3O3S. The molecule has 0 radical (unpaired) electrons. The van der Waals surface area contributed by atoms with E-state index in [1.54, 1.807) is 22.5 Å². The van der Waals surface area contributed by atoms with Gasteiger partial charge in [-0.2, -0.15) is 0 Å². The van der Waals surface area contributed by atoms with Crippen molar-refractivity contribution in [3.05, 3.63) is 47.4 Å². The van der Waals surface area contributed by atoms with Crippen molar-refractivity contribution < 1.29 is 14.0 Å². The molecule has 3 aromatic rings. The molecule has 0 spiro atoms. The van der Waals surface area contributed by atoms with Gasteiger partial charge in [0, 0.05) is 6.04 Å². The molecule has 2 aliphatic rings. The van der Waals surface area contributed by atoms with Gasteiger partial charge in [0.1, 0.15) is 17.0 Å². The summed E-state index contributed by atoms with van der Waals surface area (Å²) in [7, 11) is 0. The van der Waals surface area contributed by atoms with E-state index in [0.717, 1.165) is 35.9 Å². The van der Waals surface area contributed by atoms with Gasteiger partial charge in [0.2, 0.25) is 5.91 Å². The molecular weight excluding hydrogens is 398 g/mol. The van der Waals surface area contributed by atoms with Crippen LogP contribution < -0.4 is 5.32 Å². The van der Waals surface area contributed by atoms with Gasteiger partial charge >= 0.3 is 0 Å². The van der Waals surface area contributed by atoms with Gasteiger partial charge in [0.15, 0.2) is 0 Å². The molecule has 4 heterocycles. The highest BCUT2D eigenvalue weighted by Crippen LogP contribution is 2.35. The Balaban J connectivity index is 1.51. The number of carbonyl (C=O) groups is 2. The van der Waals surface area contributed by atoms with Crippen LogP contribution in [0.3, 0.4) is 0 Å². The topological polar surface area (TPSA) is 67.5 Å². The zero-order valence-corrected chi connectivity index (χ0v) is 18.0. The summed E-state index contributed by atoms with van der Waals surface area (Å²) in [4.78, 5) is 28.9. The maximum absolute atomic E-state index is 13.6. The first kappa shape index (κ1) is 19.4. The highest BCUT2D eigenvalue weighted by Gasteiger charge is 2.48. The van der Waals surface area contributed by atoms with Gasteiger partial charge in [0.05, 0.1) is 29.6 Å². The van der Waals surface area contributed by atoms with Gasteiger partial charge in [-0.3, -0.25) is 9.59 Å². The summed E-state index contributed by atoms with van der Waals surface area (Å²) in [6.45, 7) is 2.60. The van der Waals surface area contributed by atoms with E-state index < -0.39 is 5.54 Å². The van der Waals surface area contributed by atoms with Crippen LogP contribution in [0, 0.1) is 0 Å². The van der Waals surface area contributed by atoms with Crippen molar-refractivity contribution in [2.45, 2.75) is 70.1 Å². The standard InChI is InChI=1S/C23H27N3O3S/c1-23(22(28)24-16-7-4-2-3-5-8-16)15-25-18-10-12-30-20(18)13-19(25)21(27)26(23)14-17-9-6-11-29-17/h6,9-13,16H,2-5,7-8,14-15H2,1H3,(H,24,28)/t23-/m1/s1. The highest BCUT2D eigenvalue weighted by atomic mass is 32.1. The Morgan fingerprint density at radius 1 is 1.27 bits per heavy atom. The van der Waals surface area contributed by atoms with Crippen LogP contribution in [0.25, 0.3) is 10.2 Å². The van der Waals surface area contributed by atoms with Gasteiger partial charge in [0.25, 0.3) is 5.91 Å². The lowest BCUT2D eigenvalue weighted by molar-refractivity contribution is -0.134. The molecule has 7 heteroatoms. The van der Waals surface area contributed by atoms with Gasteiger partial charge in [-0.05, 0) is 49.4 Å². The summed E-state index contributed by atoms with van der Waals surface area (Å²) in [6, 6.07) is 7.82. The molecule has 1 aliphatic heterocycles. The van der Waals surface area contributed by atoms with Crippen molar-refractivity contribution in [2.75, 3.05) is 0 Å². The zero-order valence-electron chi connectivity index (χ0n) is 17.2. The van der Waals surface area contributed by atoms with E-state index in [1.807, 2.05) is 41.1 Å². The monoisotopic (exact) mass is 425 g/mol. The molecule has 1 atom stereocenters.